The summed E-state index contributed by atoms with van der Waals surface area (Å²) < 4.78 is 1.09. The second kappa shape index (κ2) is 6.06. The number of aryl methyl sites for hydroxylation is 2. The molecule has 0 amide bonds. The fraction of sp³-hybridized carbons (Fsp3) is 0.353. The first kappa shape index (κ1) is 14.4. The second-order valence-corrected chi connectivity index (χ2v) is 6.49. The molecule has 0 atom stereocenters. The van der Waals surface area contributed by atoms with Gasteiger partial charge in [0.15, 0.2) is 0 Å². The van der Waals surface area contributed by atoms with Gasteiger partial charge in [-0.05, 0) is 59.1 Å². The summed E-state index contributed by atoms with van der Waals surface area (Å²) in [7, 11) is 0. The van der Waals surface area contributed by atoms with Crippen molar-refractivity contribution in [2.45, 2.75) is 13.8 Å². The van der Waals surface area contributed by atoms with Gasteiger partial charge in [0, 0.05) is 38.1 Å². The molecule has 0 bridgehead atoms. The topological polar surface area (TPSA) is 19.4 Å². The van der Waals surface area contributed by atoms with Crippen LogP contribution in [-0.2, 0) is 0 Å². The zero-order valence-corrected chi connectivity index (χ0v) is 14.1. The summed E-state index contributed by atoms with van der Waals surface area (Å²) in [4.78, 5) is 9.38. The van der Waals surface area contributed by atoms with Gasteiger partial charge >= 0.3 is 0 Å². The van der Waals surface area contributed by atoms with E-state index in [9.17, 15) is 0 Å². The average Bonchev–Trinajstić information content (AvgIpc) is 2.47. The van der Waals surface area contributed by atoms with Crippen LogP contribution in [0.25, 0.3) is 0 Å². The molecular weight excluding hydrogens is 326 g/mol. The first-order valence-electron chi connectivity index (χ1n) is 7.32. The van der Waals surface area contributed by atoms with Crippen LogP contribution in [0.5, 0.6) is 0 Å². The number of aromatic nitrogens is 1. The minimum atomic E-state index is 1.00. The van der Waals surface area contributed by atoms with Crippen LogP contribution < -0.4 is 9.80 Å². The fourth-order valence-corrected chi connectivity index (χ4v) is 3.47. The SMILES string of the molecule is Cc1cccc(N2CCN(c3ncc(C)cc3Br)CC2)c1. The molecule has 1 aromatic carbocycles. The van der Waals surface area contributed by atoms with Crippen molar-refractivity contribution in [3.8, 4) is 0 Å². The molecule has 2 heterocycles. The van der Waals surface area contributed by atoms with Gasteiger partial charge in [0.2, 0.25) is 0 Å². The molecule has 110 valence electrons. The van der Waals surface area contributed by atoms with Crippen LogP contribution in [0.2, 0.25) is 0 Å². The Morgan fingerprint density at radius 1 is 0.952 bits per heavy atom. The molecular formula is C17H20BrN3. The molecule has 4 heteroatoms. The molecule has 0 unspecified atom stereocenters. The van der Waals surface area contributed by atoms with Gasteiger partial charge in [-0.3, -0.25) is 0 Å². The zero-order valence-electron chi connectivity index (χ0n) is 12.5. The van der Waals surface area contributed by atoms with E-state index in [0.717, 1.165) is 36.5 Å². The maximum absolute atomic E-state index is 4.57. The van der Waals surface area contributed by atoms with Crippen molar-refractivity contribution in [2.75, 3.05) is 36.0 Å². The van der Waals surface area contributed by atoms with Crippen molar-refractivity contribution < 1.29 is 0 Å². The minimum absolute atomic E-state index is 1.00. The lowest BCUT2D eigenvalue weighted by Gasteiger charge is -2.37. The van der Waals surface area contributed by atoms with Gasteiger partial charge in [0.05, 0.1) is 4.47 Å². The molecule has 1 fully saturated rings. The summed E-state index contributed by atoms with van der Waals surface area (Å²) in [6, 6.07) is 10.9. The Labute approximate surface area is 134 Å². The van der Waals surface area contributed by atoms with Crippen LogP contribution >= 0.6 is 15.9 Å². The Kier molecular flexibility index (Phi) is 4.15. The van der Waals surface area contributed by atoms with Gasteiger partial charge in [-0.2, -0.15) is 0 Å². The fourth-order valence-electron chi connectivity index (χ4n) is 2.76. The normalized spacial score (nSPS) is 15.4. The molecule has 21 heavy (non-hydrogen) atoms. The molecule has 0 aliphatic carbocycles. The number of hydrogen-bond donors (Lipinski definition) is 0. The van der Waals surface area contributed by atoms with Crippen LogP contribution in [0.15, 0.2) is 41.0 Å². The van der Waals surface area contributed by atoms with Crippen LogP contribution in [0.4, 0.5) is 11.5 Å². The molecule has 1 aromatic heterocycles. The van der Waals surface area contributed by atoms with E-state index < -0.39 is 0 Å². The van der Waals surface area contributed by atoms with Gasteiger partial charge < -0.3 is 9.80 Å². The van der Waals surface area contributed by atoms with Gasteiger partial charge in [0.1, 0.15) is 5.82 Å². The lowest BCUT2D eigenvalue weighted by atomic mass is 10.2. The van der Waals surface area contributed by atoms with Crippen molar-refractivity contribution >= 4 is 27.4 Å². The molecule has 0 spiro atoms. The van der Waals surface area contributed by atoms with Gasteiger partial charge in [-0.1, -0.05) is 12.1 Å². The highest BCUT2D eigenvalue weighted by atomic mass is 79.9. The molecule has 0 radical (unpaired) electrons. The lowest BCUT2D eigenvalue weighted by molar-refractivity contribution is 0.646. The molecule has 1 saturated heterocycles. The minimum Gasteiger partial charge on any atom is -0.368 e. The van der Waals surface area contributed by atoms with E-state index in [2.05, 4.69) is 74.9 Å². The first-order chi connectivity index (χ1) is 10.1. The summed E-state index contributed by atoms with van der Waals surface area (Å²) in [5, 5.41) is 0. The summed E-state index contributed by atoms with van der Waals surface area (Å²) in [5.74, 6) is 1.06. The van der Waals surface area contributed by atoms with Gasteiger partial charge in [-0.25, -0.2) is 4.98 Å². The standard InChI is InChI=1S/C17H20BrN3/c1-13-4-3-5-15(10-13)20-6-8-21(9-7-20)17-16(18)11-14(2)12-19-17/h3-5,10-12H,6-9H2,1-2H3. The summed E-state index contributed by atoms with van der Waals surface area (Å²) in [6.45, 7) is 8.28. The van der Waals surface area contributed by atoms with Crippen molar-refractivity contribution in [1.29, 1.82) is 0 Å². The number of hydrogen-bond acceptors (Lipinski definition) is 3. The maximum Gasteiger partial charge on any atom is 0.142 e. The van der Waals surface area contributed by atoms with Gasteiger partial charge in [-0.15, -0.1) is 0 Å². The smallest absolute Gasteiger partial charge is 0.142 e. The molecule has 1 aliphatic rings. The molecule has 3 rings (SSSR count). The number of pyridine rings is 1. The van der Waals surface area contributed by atoms with E-state index in [4.69, 9.17) is 0 Å². The Balaban J connectivity index is 1.70. The van der Waals surface area contributed by atoms with E-state index in [-0.39, 0.29) is 0 Å². The number of anilines is 2. The number of piperazine rings is 1. The van der Waals surface area contributed by atoms with Crippen LogP contribution in [-0.4, -0.2) is 31.2 Å². The van der Waals surface area contributed by atoms with E-state index in [0.29, 0.717) is 0 Å². The quantitative estimate of drug-likeness (QED) is 0.825. The Morgan fingerprint density at radius 3 is 2.33 bits per heavy atom. The van der Waals surface area contributed by atoms with E-state index >= 15 is 0 Å². The average molecular weight is 346 g/mol. The van der Waals surface area contributed by atoms with Crippen molar-refractivity contribution in [2.24, 2.45) is 0 Å². The largest absolute Gasteiger partial charge is 0.368 e. The highest BCUT2D eigenvalue weighted by Gasteiger charge is 2.20. The predicted octanol–water partition coefficient (Wildman–Crippen LogP) is 3.79. The Bertz CT molecular complexity index is 634. The second-order valence-electron chi connectivity index (χ2n) is 5.63. The van der Waals surface area contributed by atoms with E-state index in [1.165, 1.54) is 16.8 Å². The maximum atomic E-state index is 4.57. The van der Waals surface area contributed by atoms with E-state index in [1.807, 2.05) is 6.20 Å². The van der Waals surface area contributed by atoms with Crippen LogP contribution in [0.1, 0.15) is 11.1 Å². The summed E-state index contributed by atoms with van der Waals surface area (Å²) >= 11 is 3.63. The van der Waals surface area contributed by atoms with Crippen LogP contribution in [0, 0.1) is 13.8 Å². The molecule has 1 aliphatic heterocycles. The third-order valence-corrected chi connectivity index (χ3v) is 4.49. The summed E-state index contributed by atoms with van der Waals surface area (Å²) in [6.07, 6.45) is 1.94. The number of halogens is 1. The molecule has 0 N–H and O–H groups in total. The van der Waals surface area contributed by atoms with E-state index in [1.54, 1.807) is 0 Å². The number of benzene rings is 1. The summed E-state index contributed by atoms with van der Waals surface area (Å²) in [5.41, 5.74) is 3.83. The molecule has 3 nitrogen and oxygen atoms in total. The Morgan fingerprint density at radius 2 is 1.67 bits per heavy atom. The third-order valence-electron chi connectivity index (χ3n) is 3.90. The van der Waals surface area contributed by atoms with Gasteiger partial charge in [0.25, 0.3) is 0 Å². The Hall–Kier alpha value is -1.55. The van der Waals surface area contributed by atoms with Crippen molar-refractivity contribution in [3.05, 3.63) is 52.1 Å². The first-order valence-corrected chi connectivity index (χ1v) is 8.11. The predicted molar refractivity (Wildman–Crippen MR) is 92.3 cm³/mol. The highest BCUT2D eigenvalue weighted by Crippen LogP contribution is 2.26. The molecule has 0 saturated carbocycles. The third kappa shape index (κ3) is 3.21. The zero-order chi connectivity index (χ0) is 14.8. The monoisotopic (exact) mass is 345 g/mol. The van der Waals surface area contributed by atoms with Crippen molar-refractivity contribution in [1.82, 2.24) is 4.98 Å². The van der Waals surface area contributed by atoms with Crippen LogP contribution in [0.3, 0.4) is 0 Å². The number of nitrogens with zero attached hydrogens (tertiary/aromatic N) is 3. The highest BCUT2D eigenvalue weighted by molar-refractivity contribution is 9.10. The molecule has 2 aromatic rings. The van der Waals surface area contributed by atoms with Crippen molar-refractivity contribution in [3.63, 3.8) is 0 Å². The lowest BCUT2D eigenvalue weighted by Crippen LogP contribution is -2.47. The number of rotatable bonds is 2.